The van der Waals surface area contributed by atoms with E-state index >= 15 is 0 Å². The number of nitrogens with two attached hydrogens (primary N) is 1. The average molecular weight is 289 g/mol. The van der Waals surface area contributed by atoms with Gasteiger partial charge in [0.05, 0.1) is 0 Å². The predicted octanol–water partition coefficient (Wildman–Crippen LogP) is 3.87. The van der Waals surface area contributed by atoms with E-state index in [0.29, 0.717) is 0 Å². The Bertz CT molecular complexity index is 549. The van der Waals surface area contributed by atoms with Gasteiger partial charge in [-0.2, -0.15) is 0 Å². The molecule has 2 rings (SSSR count). The van der Waals surface area contributed by atoms with Crippen molar-refractivity contribution in [3.05, 3.63) is 64.7 Å². The Balaban J connectivity index is 2.16. The number of halogens is 1. The Kier molecular flexibility index (Phi) is 5.05. The fourth-order valence-corrected chi connectivity index (χ4v) is 2.48. The van der Waals surface area contributed by atoms with Crippen molar-refractivity contribution in [2.45, 2.75) is 25.9 Å². The molecule has 0 aliphatic carbocycles. The quantitative estimate of drug-likeness (QED) is 0.905. The number of rotatable bonds is 5. The number of nitrogens with zero attached hydrogens (tertiary/aromatic N) is 1. The second kappa shape index (κ2) is 6.78. The Morgan fingerprint density at radius 3 is 2.40 bits per heavy atom. The van der Waals surface area contributed by atoms with Crippen molar-refractivity contribution in [3.8, 4) is 0 Å². The number of hydrogen-bond acceptors (Lipinski definition) is 2. The van der Waals surface area contributed by atoms with E-state index < -0.39 is 0 Å². The van der Waals surface area contributed by atoms with E-state index in [1.54, 1.807) is 0 Å². The number of hydrogen-bond donors (Lipinski definition) is 1. The van der Waals surface area contributed by atoms with Crippen LogP contribution in [-0.4, -0.2) is 13.1 Å². The van der Waals surface area contributed by atoms with Gasteiger partial charge in [0.2, 0.25) is 0 Å². The standard InChI is InChI=1S/C17H21ClN2/c1-13(19)11-15-5-3-4-6-17(15)20(2)12-14-7-9-16(18)10-8-14/h3-10,13H,11-12,19H2,1-2H3. The minimum Gasteiger partial charge on any atom is -0.370 e. The molecule has 0 spiro atoms. The Morgan fingerprint density at radius 1 is 1.10 bits per heavy atom. The minimum atomic E-state index is 0.167. The summed E-state index contributed by atoms with van der Waals surface area (Å²) in [7, 11) is 2.11. The lowest BCUT2D eigenvalue weighted by molar-refractivity contribution is 0.734. The first-order valence-electron chi connectivity index (χ1n) is 6.85. The molecule has 2 aromatic carbocycles. The van der Waals surface area contributed by atoms with E-state index in [1.807, 2.05) is 19.1 Å². The van der Waals surface area contributed by atoms with E-state index in [-0.39, 0.29) is 6.04 Å². The van der Waals surface area contributed by atoms with Crippen LogP contribution in [0.5, 0.6) is 0 Å². The maximum Gasteiger partial charge on any atom is 0.0426 e. The van der Waals surface area contributed by atoms with Gasteiger partial charge >= 0.3 is 0 Å². The Hall–Kier alpha value is -1.51. The smallest absolute Gasteiger partial charge is 0.0426 e. The highest BCUT2D eigenvalue weighted by Gasteiger charge is 2.09. The van der Waals surface area contributed by atoms with Crippen LogP contribution in [0, 0.1) is 0 Å². The van der Waals surface area contributed by atoms with E-state index in [1.165, 1.54) is 16.8 Å². The third kappa shape index (κ3) is 3.99. The van der Waals surface area contributed by atoms with Gasteiger partial charge in [-0.3, -0.25) is 0 Å². The Labute approximate surface area is 126 Å². The van der Waals surface area contributed by atoms with Gasteiger partial charge in [-0.25, -0.2) is 0 Å². The van der Waals surface area contributed by atoms with E-state index in [9.17, 15) is 0 Å². The van der Waals surface area contributed by atoms with Gasteiger partial charge in [-0.05, 0) is 42.7 Å². The molecule has 106 valence electrons. The molecule has 1 unspecified atom stereocenters. The van der Waals surface area contributed by atoms with Crippen LogP contribution >= 0.6 is 11.6 Å². The average Bonchev–Trinajstić information content (AvgIpc) is 2.41. The molecular weight excluding hydrogens is 268 g/mol. The van der Waals surface area contributed by atoms with Crippen molar-refractivity contribution in [3.63, 3.8) is 0 Å². The van der Waals surface area contributed by atoms with E-state index in [0.717, 1.165) is 18.0 Å². The third-order valence-electron chi connectivity index (χ3n) is 3.28. The summed E-state index contributed by atoms with van der Waals surface area (Å²) >= 11 is 5.92. The Morgan fingerprint density at radius 2 is 1.75 bits per heavy atom. The van der Waals surface area contributed by atoms with Crippen LogP contribution in [0.3, 0.4) is 0 Å². The van der Waals surface area contributed by atoms with Crippen molar-refractivity contribution in [1.82, 2.24) is 0 Å². The first-order valence-corrected chi connectivity index (χ1v) is 7.23. The lowest BCUT2D eigenvalue weighted by atomic mass is 10.0. The van der Waals surface area contributed by atoms with Gasteiger partial charge in [-0.15, -0.1) is 0 Å². The summed E-state index contributed by atoms with van der Waals surface area (Å²) in [6.07, 6.45) is 0.890. The second-order valence-electron chi connectivity index (χ2n) is 5.29. The first-order chi connectivity index (χ1) is 9.56. The molecule has 0 aromatic heterocycles. The molecular formula is C17H21ClN2. The molecule has 0 amide bonds. The van der Waals surface area contributed by atoms with Gasteiger partial charge in [0.1, 0.15) is 0 Å². The third-order valence-corrected chi connectivity index (χ3v) is 3.53. The van der Waals surface area contributed by atoms with Crippen LogP contribution in [0.25, 0.3) is 0 Å². The van der Waals surface area contributed by atoms with Gasteiger partial charge in [0.15, 0.2) is 0 Å². The summed E-state index contributed by atoms with van der Waals surface area (Å²) in [4.78, 5) is 2.25. The van der Waals surface area contributed by atoms with Crippen LogP contribution in [0.4, 0.5) is 5.69 Å². The molecule has 2 nitrogen and oxygen atoms in total. The molecule has 3 heteroatoms. The maximum atomic E-state index is 5.93. The highest BCUT2D eigenvalue weighted by Crippen LogP contribution is 2.22. The van der Waals surface area contributed by atoms with Crippen molar-refractivity contribution < 1.29 is 0 Å². The zero-order valence-electron chi connectivity index (χ0n) is 12.0. The van der Waals surface area contributed by atoms with Gasteiger partial charge in [-0.1, -0.05) is 41.9 Å². The molecule has 0 fully saturated rings. The molecule has 20 heavy (non-hydrogen) atoms. The molecule has 0 bridgehead atoms. The number of anilines is 1. The van der Waals surface area contributed by atoms with E-state index in [2.05, 4.69) is 48.3 Å². The van der Waals surface area contributed by atoms with Crippen molar-refractivity contribution in [1.29, 1.82) is 0 Å². The summed E-state index contributed by atoms with van der Waals surface area (Å²) in [6, 6.07) is 16.6. The fraction of sp³-hybridized carbons (Fsp3) is 0.294. The highest BCUT2D eigenvalue weighted by molar-refractivity contribution is 6.30. The zero-order valence-corrected chi connectivity index (χ0v) is 12.8. The highest BCUT2D eigenvalue weighted by atomic mass is 35.5. The van der Waals surface area contributed by atoms with Crippen molar-refractivity contribution >= 4 is 17.3 Å². The summed E-state index contributed by atoms with van der Waals surface area (Å²) in [5.41, 5.74) is 9.70. The summed E-state index contributed by atoms with van der Waals surface area (Å²) in [5, 5.41) is 0.772. The predicted molar refractivity (Wildman–Crippen MR) is 87.4 cm³/mol. The largest absolute Gasteiger partial charge is 0.370 e. The molecule has 0 radical (unpaired) electrons. The minimum absolute atomic E-state index is 0.167. The summed E-state index contributed by atoms with van der Waals surface area (Å²) < 4.78 is 0. The maximum absolute atomic E-state index is 5.93. The lowest BCUT2D eigenvalue weighted by Crippen LogP contribution is -2.22. The normalized spacial score (nSPS) is 12.2. The molecule has 0 heterocycles. The molecule has 0 aliphatic rings. The summed E-state index contributed by atoms with van der Waals surface area (Å²) in [5.74, 6) is 0. The SMILES string of the molecule is CC(N)Cc1ccccc1N(C)Cc1ccc(Cl)cc1. The molecule has 0 saturated carbocycles. The van der Waals surface area contributed by atoms with Crippen LogP contribution in [0.15, 0.2) is 48.5 Å². The zero-order chi connectivity index (χ0) is 14.5. The molecule has 0 saturated heterocycles. The monoisotopic (exact) mass is 288 g/mol. The molecule has 0 aliphatic heterocycles. The van der Waals surface area contributed by atoms with Gasteiger partial charge < -0.3 is 10.6 Å². The van der Waals surface area contributed by atoms with Crippen LogP contribution in [-0.2, 0) is 13.0 Å². The molecule has 1 atom stereocenters. The van der Waals surface area contributed by atoms with Crippen LogP contribution in [0.1, 0.15) is 18.1 Å². The topological polar surface area (TPSA) is 29.3 Å². The van der Waals surface area contributed by atoms with Gasteiger partial charge in [0, 0.05) is 30.3 Å². The number of para-hydroxylation sites is 1. The molecule has 2 N–H and O–H groups in total. The van der Waals surface area contributed by atoms with E-state index in [4.69, 9.17) is 17.3 Å². The van der Waals surface area contributed by atoms with Crippen LogP contribution in [0.2, 0.25) is 5.02 Å². The first kappa shape index (κ1) is 14.9. The lowest BCUT2D eigenvalue weighted by Gasteiger charge is -2.23. The second-order valence-corrected chi connectivity index (χ2v) is 5.73. The molecule has 2 aromatic rings. The van der Waals surface area contributed by atoms with Crippen molar-refractivity contribution in [2.75, 3.05) is 11.9 Å². The number of benzene rings is 2. The fourth-order valence-electron chi connectivity index (χ4n) is 2.35. The van der Waals surface area contributed by atoms with Gasteiger partial charge in [0.25, 0.3) is 0 Å². The van der Waals surface area contributed by atoms with Crippen molar-refractivity contribution in [2.24, 2.45) is 5.73 Å². The van der Waals surface area contributed by atoms with Crippen LogP contribution < -0.4 is 10.6 Å². The summed E-state index contributed by atoms with van der Waals surface area (Å²) in [6.45, 7) is 2.89.